The number of halogens is 1. The highest BCUT2D eigenvalue weighted by atomic mass is 79.9. The Hall–Kier alpha value is -2.25. The van der Waals surface area contributed by atoms with Crippen molar-refractivity contribution in [2.24, 2.45) is 5.73 Å². The van der Waals surface area contributed by atoms with Crippen LogP contribution in [-0.2, 0) is 0 Å². The Labute approximate surface area is 125 Å². The predicted molar refractivity (Wildman–Crippen MR) is 79.9 cm³/mol. The molecule has 2 aromatic carbocycles. The maximum Gasteiger partial charge on any atom is 0.205 e. The number of ether oxygens (including phenoxy) is 1. The molecule has 0 saturated heterocycles. The largest absolute Gasteiger partial charge is 0.440 e. The van der Waals surface area contributed by atoms with Crippen LogP contribution in [-0.4, -0.2) is 0 Å². The van der Waals surface area contributed by atoms with E-state index in [0.717, 1.165) is 15.6 Å². The third kappa shape index (κ3) is 1.97. The van der Waals surface area contributed by atoms with Crippen molar-refractivity contribution in [3.63, 3.8) is 0 Å². The minimum absolute atomic E-state index is 0.173. The molecule has 0 aromatic heterocycles. The zero-order chi connectivity index (χ0) is 14.1. The van der Waals surface area contributed by atoms with Crippen LogP contribution in [0.5, 0.6) is 5.75 Å². The van der Waals surface area contributed by atoms with E-state index in [1.165, 1.54) is 0 Å². The number of benzene rings is 2. The summed E-state index contributed by atoms with van der Waals surface area (Å²) in [6.45, 7) is 0. The van der Waals surface area contributed by atoms with Crippen LogP contribution in [0.4, 0.5) is 0 Å². The van der Waals surface area contributed by atoms with Gasteiger partial charge in [0.1, 0.15) is 17.4 Å². The van der Waals surface area contributed by atoms with Gasteiger partial charge < -0.3 is 10.5 Å². The summed E-state index contributed by atoms with van der Waals surface area (Å²) in [6, 6.07) is 17.7. The predicted octanol–water partition coefficient (Wildman–Crippen LogP) is 3.67. The molecule has 0 spiro atoms. The van der Waals surface area contributed by atoms with Crippen LogP contribution in [0.2, 0.25) is 0 Å². The van der Waals surface area contributed by atoms with E-state index in [1.54, 1.807) is 0 Å². The lowest BCUT2D eigenvalue weighted by Crippen LogP contribution is -2.21. The van der Waals surface area contributed by atoms with Crippen molar-refractivity contribution in [3.05, 3.63) is 75.6 Å². The Balaban J connectivity index is 2.27. The number of para-hydroxylation sites is 1. The van der Waals surface area contributed by atoms with E-state index >= 15 is 0 Å². The highest BCUT2D eigenvalue weighted by Crippen LogP contribution is 2.43. The maximum absolute atomic E-state index is 9.43. The van der Waals surface area contributed by atoms with Crippen LogP contribution in [0.3, 0.4) is 0 Å². The van der Waals surface area contributed by atoms with Crippen LogP contribution in [0.1, 0.15) is 17.0 Å². The molecule has 0 bridgehead atoms. The van der Waals surface area contributed by atoms with Gasteiger partial charge in [0, 0.05) is 10.0 Å². The second-order valence-electron chi connectivity index (χ2n) is 4.48. The highest BCUT2D eigenvalue weighted by Gasteiger charge is 2.31. The van der Waals surface area contributed by atoms with Crippen molar-refractivity contribution in [3.8, 4) is 11.8 Å². The molecule has 1 aliphatic rings. The zero-order valence-corrected chi connectivity index (χ0v) is 12.1. The van der Waals surface area contributed by atoms with E-state index in [9.17, 15) is 5.26 Å². The van der Waals surface area contributed by atoms with E-state index in [4.69, 9.17) is 10.5 Å². The normalized spacial score (nSPS) is 17.1. The molecule has 1 aliphatic heterocycles. The summed E-state index contributed by atoms with van der Waals surface area (Å²) in [5, 5.41) is 9.43. The number of rotatable bonds is 1. The Morgan fingerprint density at radius 2 is 1.70 bits per heavy atom. The lowest BCUT2D eigenvalue weighted by molar-refractivity contribution is 0.393. The molecule has 0 unspecified atom stereocenters. The van der Waals surface area contributed by atoms with Crippen molar-refractivity contribution in [1.82, 2.24) is 0 Å². The second kappa shape index (κ2) is 5.03. The fourth-order valence-corrected chi connectivity index (χ4v) is 2.95. The lowest BCUT2D eigenvalue weighted by Gasteiger charge is -2.26. The van der Waals surface area contributed by atoms with Gasteiger partial charge in [-0.25, -0.2) is 0 Å². The van der Waals surface area contributed by atoms with Crippen molar-refractivity contribution < 1.29 is 4.74 Å². The van der Waals surface area contributed by atoms with Gasteiger partial charge in [-0.05, 0) is 17.7 Å². The molecule has 0 fully saturated rings. The second-order valence-corrected chi connectivity index (χ2v) is 5.34. The molecular formula is C16H11BrN2O. The monoisotopic (exact) mass is 326 g/mol. The number of nitriles is 1. The van der Waals surface area contributed by atoms with Crippen LogP contribution in [0.25, 0.3) is 0 Å². The summed E-state index contributed by atoms with van der Waals surface area (Å²) < 4.78 is 6.49. The third-order valence-corrected chi connectivity index (χ3v) is 4.06. The van der Waals surface area contributed by atoms with Gasteiger partial charge in [0.2, 0.25) is 5.88 Å². The molecule has 3 nitrogen and oxygen atoms in total. The Kier molecular flexibility index (Phi) is 3.21. The fourth-order valence-electron chi connectivity index (χ4n) is 2.44. The molecule has 2 aromatic rings. The molecule has 0 saturated carbocycles. The number of nitrogens with zero attached hydrogens (tertiary/aromatic N) is 1. The number of hydrogen-bond acceptors (Lipinski definition) is 3. The van der Waals surface area contributed by atoms with Crippen LogP contribution in [0, 0.1) is 11.3 Å². The van der Waals surface area contributed by atoms with Gasteiger partial charge in [0.25, 0.3) is 0 Å². The van der Waals surface area contributed by atoms with Crippen LogP contribution >= 0.6 is 15.9 Å². The zero-order valence-electron chi connectivity index (χ0n) is 10.5. The average Bonchev–Trinajstić information content (AvgIpc) is 2.46. The lowest BCUT2D eigenvalue weighted by atomic mass is 9.84. The summed E-state index contributed by atoms with van der Waals surface area (Å²) in [6.07, 6.45) is 0. The first-order valence-corrected chi connectivity index (χ1v) is 6.92. The fraction of sp³-hybridized carbons (Fsp3) is 0.0625. The van der Waals surface area contributed by atoms with Gasteiger partial charge in [0.05, 0.1) is 5.92 Å². The standard InChI is InChI=1S/C16H11BrN2O/c17-13-7-3-1-5-10(13)15-11-6-2-4-8-14(11)20-16(19)12(15)9-18/h1-8,15H,19H2/t15-/m0/s1. The first-order valence-electron chi connectivity index (χ1n) is 6.13. The minimum Gasteiger partial charge on any atom is -0.440 e. The molecule has 2 N–H and O–H groups in total. The molecule has 98 valence electrons. The van der Waals surface area contributed by atoms with Gasteiger partial charge in [-0.15, -0.1) is 0 Å². The van der Waals surface area contributed by atoms with E-state index in [2.05, 4.69) is 22.0 Å². The maximum atomic E-state index is 9.43. The number of fused-ring (bicyclic) bond motifs is 1. The van der Waals surface area contributed by atoms with Crippen LogP contribution < -0.4 is 10.5 Å². The number of nitrogens with two attached hydrogens (primary N) is 1. The summed E-state index contributed by atoms with van der Waals surface area (Å²) in [7, 11) is 0. The third-order valence-electron chi connectivity index (χ3n) is 3.34. The summed E-state index contributed by atoms with van der Waals surface area (Å²) in [4.78, 5) is 0. The summed E-state index contributed by atoms with van der Waals surface area (Å²) in [5.41, 5.74) is 8.29. The molecule has 3 rings (SSSR count). The van der Waals surface area contributed by atoms with Gasteiger partial charge in [-0.1, -0.05) is 52.3 Å². The first kappa shape index (κ1) is 12.8. The first-order chi connectivity index (χ1) is 9.72. The van der Waals surface area contributed by atoms with Crippen molar-refractivity contribution in [2.75, 3.05) is 0 Å². The molecule has 1 heterocycles. The summed E-state index contributed by atoms with van der Waals surface area (Å²) in [5.74, 6) is 0.664. The van der Waals surface area contributed by atoms with Crippen molar-refractivity contribution in [2.45, 2.75) is 5.92 Å². The SMILES string of the molecule is N#CC1=C(N)Oc2ccccc2[C@@H]1c1ccccc1Br. The van der Waals surface area contributed by atoms with E-state index in [-0.39, 0.29) is 11.8 Å². The van der Waals surface area contributed by atoms with Crippen molar-refractivity contribution >= 4 is 15.9 Å². The topological polar surface area (TPSA) is 59.0 Å². The summed E-state index contributed by atoms with van der Waals surface area (Å²) >= 11 is 3.55. The molecule has 20 heavy (non-hydrogen) atoms. The number of allylic oxidation sites excluding steroid dienone is 1. The van der Waals surface area contributed by atoms with Gasteiger partial charge in [0.15, 0.2) is 0 Å². The smallest absolute Gasteiger partial charge is 0.205 e. The van der Waals surface area contributed by atoms with E-state index in [1.807, 2.05) is 48.5 Å². The van der Waals surface area contributed by atoms with Gasteiger partial charge in [-0.3, -0.25) is 0 Å². The van der Waals surface area contributed by atoms with Gasteiger partial charge in [-0.2, -0.15) is 5.26 Å². The van der Waals surface area contributed by atoms with Crippen molar-refractivity contribution in [1.29, 1.82) is 5.26 Å². The minimum atomic E-state index is -0.208. The average molecular weight is 327 g/mol. The molecular weight excluding hydrogens is 316 g/mol. The Morgan fingerprint density at radius 1 is 1.05 bits per heavy atom. The molecule has 1 atom stereocenters. The van der Waals surface area contributed by atoms with E-state index in [0.29, 0.717) is 11.3 Å². The Bertz CT molecular complexity index is 746. The molecule has 0 aliphatic carbocycles. The molecule has 4 heteroatoms. The Morgan fingerprint density at radius 3 is 2.40 bits per heavy atom. The van der Waals surface area contributed by atoms with Crippen LogP contribution in [0.15, 0.2) is 64.5 Å². The van der Waals surface area contributed by atoms with Gasteiger partial charge >= 0.3 is 0 Å². The number of hydrogen-bond donors (Lipinski definition) is 1. The highest BCUT2D eigenvalue weighted by molar-refractivity contribution is 9.10. The molecule has 0 amide bonds. The quantitative estimate of drug-likeness (QED) is 0.869. The van der Waals surface area contributed by atoms with E-state index < -0.39 is 0 Å². The molecule has 0 radical (unpaired) electrons.